The van der Waals surface area contributed by atoms with Gasteiger partial charge in [0.2, 0.25) is 5.91 Å². The third-order valence-corrected chi connectivity index (χ3v) is 6.49. The Labute approximate surface area is 197 Å². The van der Waals surface area contributed by atoms with E-state index in [1.54, 1.807) is 30.3 Å². The minimum absolute atomic E-state index is 0.0183. The monoisotopic (exact) mass is 472 g/mol. The Bertz CT molecular complexity index is 961. The van der Waals surface area contributed by atoms with Crippen LogP contribution < -0.4 is 10.6 Å². The number of halogens is 1. The Hall–Kier alpha value is -2.87. The molecule has 2 aromatic carbocycles. The fraction of sp³-hybridized carbons (Fsp3) is 0.400. The molecule has 0 saturated heterocycles. The number of anilines is 1. The summed E-state index contributed by atoms with van der Waals surface area (Å²) >= 11 is 1.26. The number of rotatable bonds is 8. The molecule has 0 spiro atoms. The van der Waals surface area contributed by atoms with Crippen LogP contribution in [0.2, 0.25) is 0 Å². The first-order valence-electron chi connectivity index (χ1n) is 11.3. The molecular formula is C25H29FN2O4S. The van der Waals surface area contributed by atoms with Gasteiger partial charge in [0.25, 0.3) is 5.91 Å². The summed E-state index contributed by atoms with van der Waals surface area (Å²) in [6, 6.07) is 12.8. The maximum atomic E-state index is 13.6. The highest BCUT2D eigenvalue weighted by atomic mass is 32.2. The molecule has 0 radical (unpaired) electrons. The highest BCUT2D eigenvalue weighted by Crippen LogP contribution is 2.24. The molecule has 33 heavy (non-hydrogen) atoms. The molecule has 176 valence electrons. The minimum Gasteiger partial charge on any atom is -0.452 e. The van der Waals surface area contributed by atoms with Crippen LogP contribution in [0.25, 0.3) is 0 Å². The second kappa shape index (κ2) is 13.0. The van der Waals surface area contributed by atoms with Crippen LogP contribution in [0.5, 0.6) is 0 Å². The summed E-state index contributed by atoms with van der Waals surface area (Å²) in [4.78, 5) is 37.6. The molecule has 3 rings (SSSR count). The highest BCUT2D eigenvalue weighted by molar-refractivity contribution is 8.00. The Balaban J connectivity index is 1.49. The molecule has 0 atom stereocenters. The second-order valence-electron chi connectivity index (χ2n) is 8.00. The van der Waals surface area contributed by atoms with Gasteiger partial charge < -0.3 is 15.4 Å². The first-order valence-corrected chi connectivity index (χ1v) is 12.2. The van der Waals surface area contributed by atoms with Crippen molar-refractivity contribution in [2.24, 2.45) is 0 Å². The van der Waals surface area contributed by atoms with Gasteiger partial charge in [0, 0.05) is 10.9 Å². The molecular weight excluding hydrogens is 443 g/mol. The topological polar surface area (TPSA) is 84.5 Å². The molecule has 6 nitrogen and oxygen atoms in total. The van der Waals surface area contributed by atoms with Gasteiger partial charge in [-0.05, 0) is 37.1 Å². The van der Waals surface area contributed by atoms with E-state index in [1.165, 1.54) is 49.2 Å². The van der Waals surface area contributed by atoms with E-state index in [4.69, 9.17) is 4.74 Å². The Morgan fingerprint density at radius 2 is 1.58 bits per heavy atom. The van der Waals surface area contributed by atoms with Crippen molar-refractivity contribution in [1.29, 1.82) is 0 Å². The molecule has 2 aromatic rings. The average molecular weight is 473 g/mol. The van der Waals surface area contributed by atoms with E-state index >= 15 is 0 Å². The van der Waals surface area contributed by atoms with Gasteiger partial charge in [0.05, 0.1) is 17.0 Å². The van der Waals surface area contributed by atoms with Crippen molar-refractivity contribution in [3.05, 3.63) is 59.9 Å². The number of esters is 1. The molecule has 0 aromatic heterocycles. The number of hydrogen-bond donors (Lipinski definition) is 2. The van der Waals surface area contributed by atoms with Gasteiger partial charge in [0.1, 0.15) is 5.82 Å². The van der Waals surface area contributed by atoms with E-state index < -0.39 is 24.3 Å². The van der Waals surface area contributed by atoms with E-state index in [0.29, 0.717) is 4.90 Å². The van der Waals surface area contributed by atoms with E-state index in [1.807, 2.05) is 0 Å². The maximum Gasteiger partial charge on any atom is 0.339 e. The lowest BCUT2D eigenvalue weighted by molar-refractivity contribution is -0.120. The summed E-state index contributed by atoms with van der Waals surface area (Å²) in [6.07, 6.45) is 8.00. The number of hydrogen-bond acceptors (Lipinski definition) is 5. The van der Waals surface area contributed by atoms with Crippen molar-refractivity contribution in [1.82, 2.24) is 5.32 Å². The van der Waals surface area contributed by atoms with Crippen molar-refractivity contribution < 1.29 is 23.5 Å². The molecule has 0 bridgehead atoms. The van der Waals surface area contributed by atoms with Gasteiger partial charge in [-0.1, -0.05) is 56.4 Å². The number of amides is 2. The minimum atomic E-state index is -0.679. The first-order chi connectivity index (χ1) is 16.0. The standard InChI is InChI=1S/C25H29FN2O4S/c26-20-13-7-8-14-21(20)28-23(29)16-32-25(31)19-12-6-9-15-22(19)33-17-24(30)27-18-10-4-2-1-3-5-11-18/h6-9,12-15,18H,1-5,10-11,16-17H2,(H,27,30)(H,28,29). The molecule has 1 aliphatic carbocycles. The Kier molecular flexibility index (Phi) is 9.75. The third-order valence-electron chi connectivity index (χ3n) is 5.42. The number of carbonyl (C=O) groups excluding carboxylic acids is 3. The molecule has 2 N–H and O–H groups in total. The van der Waals surface area contributed by atoms with Crippen molar-refractivity contribution in [3.8, 4) is 0 Å². The molecule has 1 saturated carbocycles. The van der Waals surface area contributed by atoms with Crippen molar-refractivity contribution >= 4 is 35.2 Å². The maximum absolute atomic E-state index is 13.6. The molecule has 0 heterocycles. The molecule has 0 unspecified atom stereocenters. The Morgan fingerprint density at radius 1 is 0.909 bits per heavy atom. The van der Waals surface area contributed by atoms with Crippen LogP contribution in [-0.2, 0) is 14.3 Å². The van der Waals surface area contributed by atoms with Gasteiger partial charge in [-0.15, -0.1) is 11.8 Å². The number of carbonyl (C=O) groups is 3. The molecule has 2 amide bonds. The zero-order valence-corrected chi connectivity index (χ0v) is 19.3. The highest BCUT2D eigenvalue weighted by Gasteiger charge is 2.18. The molecule has 8 heteroatoms. The zero-order valence-electron chi connectivity index (χ0n) is 18.5. The van der Waals surface area contributed by atoms with Gasteiger partial charge in [-0.2, -0.15) is 0 Å². The lowest BCUT2D eigenvalue weighted by Gasteiger charge is -2.21. The van der Waals surface area contributed by atoms with E-state index in [9.17, 15) is 18.8 Å². The SMILES string of the molecule is O=C(COC(=O)c1ccccc1SCC(=O)NC1CCCCCCC1)Nc1ccccc1F. The smallest absolute Gasteiger partial charge is 0.339 e. The van der Waals surface area contributed by atoms with Gasteiger partial charge in [-0.25, -0.2) is 9.18 Å². The van der Waals surface area contributed by atoms with Crippen LogP contribution in [0.15, 0.2) is 53.4 Å². The summed E-state index contributed by atoms with van der Waals surface area (Å²) < 4.78 is 18.8. The normalized spacial score (nSPS) is 14.6. The average Bonchev–Trinajstić information content (AvgIpc) is 2.79. The zero-order chi connectivity index (χ0) is 23.5. The van der Waals surface area contributed by atoms with Gasteiger partial charge in [0.15, 0.2) is 6.61 Å². The second-order valence-corrected chi connectivity index (χ2v) is 9.02. The van der Waals surface area contributed by atoms with E-state index in [2.05, 4.69) is 10.6 Å². The number of nitrogens with one attached hydrogen (secondary N) is 2. The van der Waals surface area contributed by atoms with Gasteiger partial charge >= 0.3 is 5.97 Å². The van der Waals surface area contributed by atoms with Crippen LogP contribution in [-0.4, -0.2) is 36.2 Å². The fourth-order valence-electron chi connectivity index (χ4n) is 3.73. The summed E-state index contributed by atoms with van der Waals surface area (Å²) in [7, 11) is 0. The van der Waals surface area contributed by atoms with Crippen LogP contribution in [0.3, 0.4) is 0 Å². The third kappa shape index (κ3) is 8.20. The van der Waals surface area contributed by atoms with Crippen LogP contribution in [0, 0.1) is 5.82 Å². The first kappa shape index (κ1) is 24.8. The summed E-state index contributed by atoms with van der Waals surface area (Å²) in [5.74, 6) is -1.76. The van der Waals surface area contributed by atoms with Crippen molar-refractivity contribution in [3.63, 3.8) is 0 Å². The fourth-order valence-corrected chi connectivity index (χ4v) is 4.58. The van der Waals surface area contributed by atoms with Crippen molar-refractivity contribution in [2.75, 3.05) is 17.7 Å². The summed E-state index contributed by atoms with van der Waals surface area (Å²) in [6.45, 7) is -0.547. The predicted octanol–water partition coefficient (Wildman–Crippen LogP) is 4.94. The largest absolute Gasteiger partial charge is 0.452 e. The van der Waals surface area contributed by atoms with Crippen molar-refractivity contribution in [2.45, 2.75) is 55.9 Å². The molecule has 1 aliphatic rings. The van der Waals surface area contributed by atoms with Crippen LogP contribution in [0.1, 0.15) is 55.3 Å². The number of ether oxygens (including phenoxy) is 1. The summed E-state index contributed by atoms with van der Waals surface area (Å²) in [5.41, 5.74) is 0.296. The number of benzene rings is 2. The van der Waals surface area contributed by atoms with E-state index in [-0.39, 0.29) is 29.0 Å². The van der Waals surface area contributed by atoms with Crippen LogP contribution in [0.4, 0.5) is 10.1 Å². The molecule has 1 fully saturated rings. The molecule has 0 aliphatic heterocycles. The lowest BCUT2D eigenvalue weighted by Crippen LogP contribution is -2.36. The number of para-hydroxylation sites is 1. The van der Waals surface area contributed by atoms with Gasteiger partial charge in [-0.3, -0.25) is 9.59 Å². The lowest BCUT2D eigenvalue weighted by atomic mass is 9.97. The Morgan fingerprint density at radius 3 is 2.33 bits per heavy atom. The predicted molar refractivity (Wildman–Crippen MR) is 127 cm³/mol. The number of thioether (sulfide) groups is 1. The van der Waals surface area contributed by atoms with E-state index in [0.717, 1.165) is 25.7 Å². The quantitative estimate of drug-likeness (QED) is 0.420. The summed E-state index contributed by atoms with van der Waals surface area (Å²) in [5, 5.41) is 5.48. The van der Waals surface area contributed by atoms with Crippen LogP contribution >= 0.6 is 11.8 Å².